The highest BCUT2D eigenvalue weighted by Gasteiger charge is 2.49. The van der Waals surface area contributed by atoms with Crippen LogP contribution in [0, 0.1) is 11.8 Å². The molecule has 2 aliphatic carbocycles. The lowest BCUT2D eigenvalue weighted by molar-refractivity contribution is -0.135. The van der Waals surface area contributed by atoms with E-state index in [0.29, 0.717) is 24.4 Å². The lowest BCUT2D eigenvalue weighted by atomic mass is 9.78. The number of carbonyl (C=O) groups is 1. The second-order valence-corrected chi connectivity index (χ2v) is 6.36. The molecule has 0 aromatic heterocycles. The van der Waals surface area contributed by atoms with E-state index in [9.17, 15) is 9.90 Å². The van der Waals surface area contributed by atoms with E-state index < -0.39 is 6.10 Å². The highest BCUT2D eigenvalue weighted by atomic mass is 16.6. The maximum atomic E-state index is 12.3. The van der Waals surface area contributed by atoms with Crippen molar-refractivity contribution >= 4 is 5.78 Å². The smallest absolute Gasteiger partial charge is 0.164 e. The highest BCUT2D eigenvalue weighted by Crippen LogP contribution is 2.43. The Balaban J connectivity index is 1.37. The molecule has 4 heteroatoms. The van der Waals surface area contributed by atoms with Crippen LogP contribution in [0.5, 0.6) is 0 Å². The summed E-state index contributed by atoms with van der Waals surface area (Å²) in [4.78, 5) is 12.3. The normalized spacial score (nSPS) is 50.9. The monoisotopic (exact) mass is 252 g/mol. The largest absolute Gasteiger partial charge is 0.385 e. The lowest BCUT2D eigenvalue weighted by Crippen LogP contribution is -2.38. The van der Waals surface area contributed by atoms with Gasteiger partial charge in [0.05, 0.1) is 24.4 Å². The van der Waals surface area contributed by atoms with Gasteiger partial charge in [-0.3, -0.25) is 4.79 Å². The fraction of sp³-hybridized carbons (Fsp3) is 0.929. The number of rotatable bonds is 3. The van der Waals surface area contributed by atoms with E-state index in [1.165, 1.54) is 0 Å². The van der Waals surface area contributed by atoms with Gasteiger partial charge in [0, 0.05) is 5.92 Å². The molecule has 0 bridgehead atoms. The van der Waals surface area contributed by atoms with Crippen molar-refractivity contribution < 1.29 is 19.4 Å². The van der Waals surface area contributed by atoms with Crippen LogP contribution >= 0.6 is 0 Å². The summed E-state index contributed by atoms with van der Waals surface area (Å²) in [6.07, 6.45) is 6.25. The maximum absolute atomic E-state index is 12.3. The van der Waals surface area contributed by atoms with Gasteiger partial charge in [-0.05, 0) is 44.4 Å². The van der Waals surface area contributed by atoms with E-state index in [0.717, 1.165) is 38.5 Å². The number of hydrogen-bond donors (Lipinski definition) is 1. The van der Waals surface area contributed by atoms with E-state index in [1.54, 1.807) is 0 Å². The number of aliphatic hydroxyl groups excluding tert-OH is 1. The zero-order valence-corrected chi connectivity index (χ0v) is 10.5. The van der Waals surface area contributed by atoms with Crippen LogP contribution in [0.4, 0.5) is 0 Å². The minimum absolute atomic E-state index is 0.0293. The fourth-order valence-electron chi connectivity index (χ4n) is 3.86. The summed E-state index contributed by atoms with van der Waals surface area (Å²) >= 11 is 0. The lowest BCUT2D eigenvalue weighted by Gasteiger charge is -2.27. The van der Waals surface area contributed by atoms with Crippen LogP contribution in [0.25, 0.3) is 0 Å². The summed E-state index contributed by atoms with van der Waals surface area (Å²) in [6.45, 7) is 0. The number of fused-ring (bicyclic) bond motifs is 2. The standard InChI is InChI=1S/C14H20O4/c15-13(7-1-3-9-11(5-7)17-9)14(16)8-2-4-10-12(6-8)18-10/h7-13,15H,1-6H2. The molecule has 2 saturated carbocycles. The van der Waals surface area contributed by atoms with E-state index in [1.807, 2.05) is 0 Å². The van der Waals surface area contributed by atoms with Crippen LogP contribution in [0.3, 0.4) is 0 Å². The molecule has 0 radical (unpaired) electrons. The van der Waals surface area contributed by atoms with Crippen LogP contribution in [0.2, 0.25) is 0 Å². The maximum Gasteiger partial charge on any atom is 0.164 e. The zero-order valence-electron chi connectivity index (χ0n) is 10.5. The third kappa shape index (κ3) is 1.91. The molecule has 4 rings (SSSR count). The van der Waals surface area contributed by atoms with Gasteiger partial charge in [-0.1, -0.05) is 0 Å². The van der Waals surface area contributed by atoms with Crippen LogP contribution in [0.15, 0.2) is 0 Å². The molecular formula is C14H20O4. The van der Waals surface area contributed by atoms with Gasteiger partial charge >= 0.3 is 0 Å². The summed E-state index contributed by atoms with van der Waals surface area (Å²) in [6, 6.07) is 0. The summed E-state index contributed by atoms with van der Waals surface area (Å²) in [7, 11) is 0. The van der Waals surface area contributed by atoms with Gasteiger partial charge in [-0.2, -0.15) is 0 Å². The summed E-state index contributed by atoms with van der Waals surface area (Å²) in [5, 5.41) is 10.3. The van der Waals surface area contributed by atoms with Crippen molar-refractivity contribution in [3.63, 3.8) is 0 Å². The molecule has 2 aliphatic heterocycles. The van der Waals surface area contributed by atoms with Crippen LogP contribution in [-0.2, 0) is 14.3 Å². The van der Waals surface area contributed by atoms with Gasteiger partial charge in [-0.25, -0.2) is 0 Å². The minimum Gasteiger partial charge on any atom is -0.385 e. The Morgan fingerprint density at radius 1 is 0.944 bits per heavy atom. The molecule has 0 amide bonds. The van der Waals surface area contributed by atoms with E-state index in [4.69, 9.17) is 9.47 Å². The number of ether oxygens (including phenoxy) is 2. The van der Waals surface area contributed by atoms with E-state index in [-0.39, 0.29) is 17.6 Å². The van der Waals surface area contributed by atoms with Crippen molar-refractivity contribution in [2.24, 2.45) is 11.8 Å². The second-order valence-electron chi connectivity index (χ2n) is 6.36. The van der Waals surface area contributed by atoms with Crippen molar-refractivity contribution in [1.29, 1.82) is 0 Å². The first-order valence-electron chi connectivity index (χ1n) is 7.25. The molecule has 18 heavy (non-hydrogen) atoms. The predicted octanol–water partition coefficient (Wildman–Crippen LogP) is 1.05. The molecule has 0 spiro atoms. The third-order valence-corrected chi connectivity index (χ3v) is 5.19. The van der Waals surface area contributed by atoms with Gasteiger partial charge in [0.15, 0.2) is 5.78 Å². The first-order chi connectivity index (χ1) is 8.72. The van der Waals surface area contributed by atoms with Crippen molar-refractivity contribution in [2.45, 2.75) is 69.0 Å². The molecule has 2 saturated heterocycles. The average molecular weight is 252 g/mol. The fourth-order valence-corrected chi connectivity index (χ4v) is 3.86. The van der Waals surface area contributed by atoms with Crippen molar-refractivity contribution in [1.82, 2.24) is 0 Å². The Morgan fingerprint density at radius 3 is 2.28 bits per heavy atom. The topological polar surface area (TPSA) is 62.4 Å². The Hall–Kier alpha value is -0.450. The molecular weight excluding hydrogens is 232 g/mol. The average Bonchev–Trinajstić information content (AvgIpc) is 3.27. The van der Waals surface area contributed by atoms with Crippen molar-refractivity contribution in [3.8, 4) is 0 Å². The predicted molar refractivity (Wildman–Crippen MR) is 63.0 cm³/mol. The Morgan fingerprint density at radius 2 is 1.61 bits per heavy atom. The molecule has 0 aromatic rings. The SMILES string of the molecule is O=C(C1CCC2OC2C1)C(O)C1CCC2OC2C1. The minimum atomic E-state index is -0.768. The molecule has 4 aliphatic rings. The molecule has 100 valence electrons. The quantitative estimate of drug-likeness (QED) is 0.763. The van der Waals surface area contributed by atoms with Gasteiger partial charge < -0.3 is 14.6 Å². The van der Waals surface area contributed by atoms with Gasteiger partial charge in [0.2, 0.25) is 0 Å². The molecule has 1 N–H and O–H groups in total. The van der Waals surface area contributed by atoms with Crippen LogP contribution in [0.1, 0.15) is 38.5 Å². The van der Waals surface area contributed by atoms with Crippen LogP contribution < -0.4 is 0 Å². The third-order valence-electron chi connectivity index (χ3n) is 5.19. The number of epoxide rings is 2. The highest BCUT2D eigenvalue weighted by molar-refractivity contribution is 5.85. The number of ketones is 1. The first kappa shape index (κ1) is 11.4. The Kier molecular flexibility index (Phi) is 2.54. The van der Waals surface area contributed by atoms with Crippen LogP contribution in [-0.4, -0.2) is 41.4 Å². The second kappa shape index (κ2) is 4.02. The summed E-state index contributed by atoms with van der Waals surface area (Å²) < 4.78 is 10.9. The molecule has 7 atom stereocenters. The molecule has 7 unspecified atom stereocenters. The number of carbonyl (C=O) groups excluding carboxylic acids is 1. The number of Topliss-reactive ketones (excluding diaryl/α,β-unsaturated/α-hetero) is 1. The molecule has 4 fully saturated rings. The van der Waals surface area contributed by atoms with E-state index in [2.05, 4.69) is 0 Å². The number of aliphatic hydroxyl groups is 1. The Bertz CT molecular complexity index is 369. The first-order valence-corrected chi connectivity index (χ1v) is 7.25. The van der Waals surface area contributed by atoms with Gasteiger partial charge in [0.1, 0.15) is 6.10 Å². The van der Waals surface area contributed by atoms with E-state index >= 15 is 0 Å². The Labute approximate surface area is 107 Å². The zero-order chi connectivity index (χ0) is 12.3. The number of hydrogen-bond acceptors (Lipinski definition) is 4. The molecule has 4 nitrogen and oxygen atoms in total. The summed E-state index contributed by atoms with van der Waals surface area (Å²) in [5.74, 6) is 0.216. The van der Waals surface area contributed by atoms with Crippen molar-refractivity contribution in [3.05, 3.63) is 0 Å². The van der Waals surface area contributed by atoms with Gasteiger partial charge in [-0.15, -0.1) is 0 Å². The molecule has 0 aromatic carbocycles. The molecule has 2 heterocycles. The summed E-state index contributed by atoms with van der Waals surface area (Å²) in [5.41, 5.74) is 0. The van der Waals surface area contributed by atoms with Gasteiger partial charge in [0.25, 0.3) is 0 Å². The van der Waals surface area contributed by atoms with Crippen molar-refractivity contribution in [2.75, 3.05) is 0 Å².